The Labute approximate surface area is 251 Å². The van der Waals surface area contributed by atoms with Gasteiger partial charge in [0.15, 0.2) is 0 Å². The summed E-state index contributed by atoms with van der Waals surface area (Å²) in [6.45, 7) is 3.58. The first-order chi connectivity index (χ1) is 20.6. The van der Waals surface area contributed by atoms with Crippen molar-refractivity contribution in [2.45, 2.75) is 51.4 Å². The second-order valence-corrected chi connectivity index (χ2v) is 14.0. The first-order valence-corrected chi connectivity index (χ1v) is 16.6. The van der Waals surface area contributed by atoms with Crippen LogP contribution in [0.2, 0.25) is 0 Å². The van der Waals surface area contributed by atoms with E-state index in [9.17, 15) is 22.0 Å². The molecule has 1 aliphatic carbocycles. The molecule has 1 aromatic heterocycles. The number of hydrogen-bond donors (Lipinski definition) is 2. The largest absolute Gasteiger partial charge is 0.371 e. The van der Waals surface area contributed by atoms with Gasteiger partial charge in [-0.15, -0.1) is 0 Å². The molecule has 0 radical (unpaired) electrons. The van der Waals surface area contributed by atoms with Crippen LogP contribution in [0, 0.1) is 5.41 Å². The molecule has 0 unspecified atom stereocenters. The van der Waals surface area contributed by atoms with Gasteiger partial charge in [-0.2, -0.15) is 0 Å². The normalized spacial score (nSPS) is 19.2. The van der Waals surface area contributed by atoms with Crippen LogP contribution < -0.4 is 19.8 Å². The van der Waals surface area contributed by atoms with Crippen LogP contribution in [0.15, 0.2) is 60.9 Å². The third-order valence-corrected chi connectivity index (χ3v) is 10.4. The van der Waals surface area contributed by atoms with E-state index < -0.39 is 15.9 Å². The molecule has 43 heavy (non-hydrogen) atoms. The Morgan fingerprint density at radius 2 is 1.53 bits per heavy atom. The Morgan fingerprint density at radius 1 is 0.884 bits per heavy atom. The summed E-state index contributed by atoms with van der Waals surface area (Å²) in [6.07, 6.45) is 7.55. The van der Waals surface area contributed by atoms with Gasteiger partial charge in [-0.1, -0.05) is 12.1 Å². The summed E-state index contributed by atoms with van der Waals surface area (Å²) >= 11 is 0. The summed E-state index contributed by atoms with van der Waals surface area (Å²) in [5, 5.41) is 3.02. The third-order valence-electron chi connectivity index (χ3n) is 9.08. The van der Waals surface area contributed by atoms with E-state index in [1.165, 1.54) is 12.8 Å². The van der Waals surface area contributed by atoms with Gasteiger partial charge in [-0.05, 0) is 74.4 Å². The molecule has 2 aliphatic heterocycles. The second kappa shape index (κ2) is 11.4. The lowest BCUT2D eigenvalue weighted by Crippen LogP contribution is -2.39. The molecule has 6 rings (SSSR count). The maximum absolute atomic E-state index is 14.0. The summed E-state index contributed by atoms with van der Waals surface area (Å²) in [5.74, 6) is -3.06. The minimum absolute atomic E-state index is 0.0527. The molecule has 1 saturated carbocycles. The summed E-state index contributed by atoms with van der Waals surface area (Å²) in [5.41, 5.74) is 5.01. The fourth-order valence-electron chi connectivity index (χ4n) is 6.11. The summed E-state index contributed by atoms with van der Waals surface area (Å²) in [7, 11) is -3.49. The van der Waals surface area contributed by atoms with Crippen LogP contribution >= 0.6 is 0 Å². The summed E-state index contributed by atoms with van der Waals surface area (Å²) in [4.78, 5) is 22.1. The first-order valence-electron chi connectivity index (χ1n) is 14.9. The van der Waals surface area contributed by atoms with Crippen LogP contribution in [0.1, 0.15) is 55.8 Å². The van der Waals surface area contributed by atoms with E-state index in [1.54, 1.807) is 37.5 Å². The molecular weight excluding hydrogens is 572 g/mol. The molecule has 3 aromatic rings. The topological polar surface area (TPSA) is 94.6 Å². The number of hydrogen-bond acceptors (Lipinski definition) is 6. The van der Waals surface area contributed by atoms with Gasteiger partial charge >= 0.3 is 0 Å². The summed E-state index contributed by atoms with van der Waals surface area (Å²) < 4.78 is 55.2. The zero-order valence-corrected chi connectivity index (χ0v) is 25.1. The van der Waals surface area contributed by atoms with Gasteiger partial charge in [0.1, 0.15) is 0 Å². The number of anilines is 4. The highest BCUT2D eigenvalue weighted by Crippen LogP contribution is 2.54. The van der Waals surface area contributed by atoms with Crippen molar-refractivity contribution in [1.82, 2.24) is 4.98 Å². The minimum atomic E-state index is -3.49. The summed E-state index contributed by atoms with van der Waals surface area (Å²) in [6, 6.07) is 14.3. The standard InChI is InChI=1S/C32H37F2N5O3S/c1-2-43(41,42)37-25-6-8-27(29(21-25)38-16-11-31(9-10-31)12-17-38)30(40)36-24-5-7-26(23-4-3-15-35-22-23)28(20-24)39-18-13-32(33,34)14-19-39/h3-8,15,20-22,37H,2,9-14,16-19H2,1H3,(H,36,40). The van der Waals surface area contributed by atoms with Gasteiger partial charge in [0.2, 0.25) is 10.0 Å². The van der Waals surface area contributed by atoms with E-state index in [2.05, 4.69) is 19.9 Å². The third kappa shape index (κ3) is 6.61. The smallest absolute Gasteiger partial charge is 0.257 e. The fourth-order valence-corrected chi connectivity index (χ4v) is 6.74. The average Bonchev–Trinajstić information content (AvgIpc) is 3.76. The van der Waals surface area contributed by atoms with Crippen molar-refractivity contribution >= 4 is 38.7 Å². The molecule has 1 spiro atoms. The van der Waals surface area contributed by atoms with E-state index in [-0.39, 0.29) is 37.6 Å². The molecule has 1 amide bonds. The number of amides is 1. The number of rotatable bonds is 8. The Bertz CT molecular complexity index is 1590. The number of sulfonamides is 1. The quantitative estimate of drug-likeness (QED) is 0.308. The predicted octanol–water partition coefficient (Wildman–Crippen LogP) is 6.38. The molecule has 228 valence electrons. The molecule has 3 fully saturated rings. The van der Waals surface area contributed by atoms with E-state index in [0.29, 0.717) is 28.0 Å². The van der Waals surface area contributed by atoms with Crippen molar-refractivity contribution in [3.63, 3.8) is 0 Å². The number of pyridine rings is 1. The SMILES string of the molecule is CCS(=O)(=O)Nc1ccc(C(=O)Nc2ccc(-c3cccnc3)c(N3CCC(F)(F)CC3)c2)c(N2CCC3(CC2)CC3)c1. The maximum Gasteiger partial charge on any atom is 0.257 e. The van der Waals surface area contributed by atoms with Gasteiger partial charge < -0.3 is 15.1 Å². The molecular formula is C32H37F2N5O3S. The molecule has 3 heterocycles. The van der Waals surface area contributed by atoms with Crippen LogP contribution in [0.5, 0.6) is 0 Å². The lowest BCUT2D eigenvalue weighted by atomic mass is 9.93. The van der Waals surface area contributed by atoms with E-state index >= 15 is 0 Å². The van der Waals surface area contributed by atoms with Crippen LogP contribution in [-0.2, 0) is 10.0 Å². The zero-order valence-electron chi connectivity index (χ0n) is 24.3. The van der Waals surface area contributed by atoms with Crippen LogP contribution in [0.25, 0.3) is 11.1 Å². The van der Waals surface area contributed by atoms with Crippen molar-refractivity contribution in [2.24, 2.45) is 5.41 Å². The Balaban J connectivity index is 1.30. The Kier molecular flexibility index (Phi) is 7.78. The van der Waals surface area contributed by atoms with E-state index in [1.807, 2.05) is 35.2 Å². The highest BCUT2D eigenvalue weighted by molar-refractivity contribution is 7.92. The van der Waals surface area contributed by atoms with Crippen molar-refractivity contribution in [1.29, 1.82) is 0 Å². The van der Waals surface area contributed by atoms with Crippen LogP contribution in [0.4, 0.5) is 31.5 Å². The molecule has 8 nitrogen and oxygen atoms in total. The molecule has 0 bridgehead atoms. The van der Waals surface area contributed by atoms with Crippen molar-refractivity contribution in [2.75, 3.05) is 51.8 Å². The van der Waals surface area contributed by atoms with Crippen LogP contribution in [0.3, 0.4) is 0 Å². The highest BCUT2D eigenvalue weighted by atomic mass is 32.2. The maximum atomic E-state index is 14.0. The molecule has 3 aliphatic rings. The first kappa shape index (κ1) is 29.3. The highest BCUT2D eigenvalue weighted by Gasteiger charge is 2.44. The van der Waals surface area contributed by atoms with Crippen molar-refractivity contribution < 1.29 is 22.0 Å². The number of alkyl halides is 2. The molecule has 2 N–H and O–H groups in total. The van der Waals surface area contributed by atoms with Crippen molar-refractivity contribution in [3.05, 3.63) is 66.5 Å². The number of carbonyl (C=O) groups excluding carboxylic acids is 1. The molecule has 2 aromatic carbocycles. The average molecular weight is 610 g/mol. The molecule has 0 atom stereocenters. The van der Waals surface area contributed by atoms with Gasteiger partial charge in [0.25, 0.3) is 11.8 Å². The van der Waals surface area contributed by atoms with Gasteiger partial charge in [-0.25, -0.2) is 17.2 Å². The van der Waals surface area contributed by atoms with Gasteiger partial charge in [-0.3, -0.25) is 14.5 Å². The molecule has 2 saturated heterocycles. The van der Waals surface area contributed by atoms with Gasteiger partial charge in [0, 0.05) is 73.9 Å². The number of piperidine rings is 2. The minimum Gasteiger partial charge on any atom is -0.371 e. The lowest BCUT2D eigenvalue weighted by Gasteiger charge is -2.35. The Morgan fingerprint density at radius 3 is 2.19 bits per heavy atom. The fraction of sp³-hybridized carbons (Fsp3) is 0.438. The second-order valence-electron chi connectivity index (χ2n) is 12.0. The lowest BCUT2D eigenvalue weighted by molar-refractivity contribution is -0.0220. The zero-order chi connectivity index (χ0) is 30.2. The number of nitrogens with zero attached hydrogens (tertiary/aromatic N) is 3. The Hall–Kier alpha value is -3.73. The number of nitrogens with one attached hydrogen (secondary N) is 2. The number of benzene rings is 2. The van der Waals surface area contributed by atoms with Crippen LogP contribution in [-0.4, -0.2) is 57.2 Å². The van der Waals surface area contributed by atoms with Crippen molar-refractivity contribution in [3.8, 4) is 11.1 Å². The molecule has 11 heteroatoms. The van der Waals surface area contributed by atoms with E-state index in [4.69, 9.17) is 0 Å². The number of halogens is 2. The predicted molar refractivity (Wildman–Crippen MR) is 167 cm³/mol. The number of carbonyl (C=O) groups is 1. The number of aromatic nitrogens is 1. The van der Waals surface area contributed by atoms with E-state index in [0.717, 1.165) is 42.7 Å². The monoisotopic (exact) mass is 609 g/mol. The van der Waals surface area contributed by atoms with Gasteiger partial charge in [0.05, 0.1) is 22.7 Å².